The molecular formula is C13H20N2O. The molecule has 0 amide bonds. The summed E-state index contributed by atoms with van der Waals surface area (Å²) < 4.78 is 5.29. The number of benzene rings is 1. The number of nitrogens with two attached hydrogens (primary N) is 1. The van der Waals surface area contributed by atoms with Crippen LogP contribution in [0.25, 0.3) is 0 Å². The van der Waals surface area contributed by atoms with Crippen LogP contribution in [0.1, 0.15) is 19.3 Å². The zero-order valence-corrected chi connectivity index (χ0v) is 9.86. The molecule has 0 saturated carbocycles. The van der Waals surface area contributed by atoms with Crippen molar-refractivity contribution in [1.82, 2.24) is 0 Å². The van der Waals surface area contributed by atoms with Gasteiger partial charge in [0.25, 0.3) is 0 Å². The molecule has 0 aromatic heterocycles. The van der Waals surface area contributed by atoms with Crippen LogP contribution in [-0.4, -0.2) is 26.3 Å². The molecule has 3 nitrogen and oxygen atoms in total. The Bertz CT molecular complexity index is 321. The molecule has 0 aliphatic carbocycles. The van der Waals surface area contributed by atoms with Gasteiger partial charge in [0, 0.05) is 25.0 Å². The summed E-state index contributed by atoms with van der Waals surface area (Å²) in [6.07, 6.45) is 3.79. The molecule has 3 heteroatoms. The Labute approximate surface area is 97.2 Å². The number of hydrogen-bond acceptors (Lipinski definition) is 3. The Morgan fingerprint density at radius 1 is 1.31 bits per heavy atom. The Morgan fingerprint density at radius 2 is 2.06 bits per heavy atom. The number of nitrogen functional groups attached to an aromatic ring is 1. The van der Waals surface area contributed by atoms with Gasteiger partial charge in [-0.3, -0.25) is 0 Å². The highest BCUT2D eigenvalue weighted by Crippen LogP contribution is 2.25. The summed E-state index contributed by atoms with van der Waals surface area (Å²) >= 11 is 0. The molecule has 1 atom stereocenters. The summed E-state index contributed by atoms with van der Waals surface area (Å²) in [5.74, 6) is 0. The van der Waals surface area contributed by atoms with E-state index in [-0.39, 0.29) is 0 Å². The molecular weight excluding hydrogens is 200 g/mol. The van der Waals surface area contributed by atoms with Gasteiger partial charge in [0.05, 0.1) is 12.6 Å². The first kappa shape index (κ1) is 11.3. The molecule has 1 aliphatic heterocycles. The lowest BCUT2D eigenvalue weighted by molar-refractivity contribution is 0.166. The van der Waals surface area contributed by atoms with E-state index in [0.717, 1.165) is 18.8 Å². The molecule has 16 heavy (non-hydrogen) atoms. The molecule has 0 radical (unpaired) electrons. The molecule has 88 valence electrons. The van der Waals surface area contributed by atoms with Gasteiger partial charge in [-0.25, -0.2) is 0 Å². The van der Waals surface area contributed by atoms with E-state index in [4.69, 9.17) is 10.5 Å². The van der Waals surface area contributed by atoms with Crippen molar-refractivity contribution in [3.8, 4) is 0 Å². The minimum Gasteiger partial charge on any atom is -0.399 e. The van der Waals surface area contributed by atoms with E-state index in [9.17, 15) is 0 Å². The van der Waals surface area contributed by atoms with E-state index >= 15 is 0 Å². The second kappa shape index (κ2) is 5.21. The van der Waals surface area contributed by atoms with Crippen LogP contribution >= 0.6 is 0 Å². The predicted molar refractivity (Wildman–Crippen MR) is 67.7 cm³/mol. The van der Waals surface area contributed by atoms with Gasteiger partial charge in [0.15, 0.2) is 0 Å². The van der Waals surface area contributed by atoms with E-state index < -0.39 is 0 Å². The van der Waals surface area contributed by atoms with Crippen molar-refractivity contribution >= 4 is 11.4 Å². The normalized spacial score (nSPS) is 21.1. The van der Waals surface area contributed by atoms with Crippen molar-refractivity contribution in [2.24, 2.45) is 0 Å². The van der Waals surface area contributed by atoms with Gasteiger partial charge in [0.1, 0.15) is 0 Å². The summed E-state index contributed by atoms with van der Waals surface area (Å²) in [6, 6.07) is 8.65. The first-order chi connectivity index (χ1) is 7.81. The molecule has 1 aliphatic rings. The summed E-state index contributed by atoms with van der Waals surface area (Å²) in [5, 5.41) is 0. The van der Waals surface area contributed by atoms with Crippen molar-refractivity contribution in [1.29, 1.82) is 0 Å². The lowest BCUT2D eigenvalue weighted by Gasteiger charge is -2.37. The third-order valence-corrected chi connectivity index (χ3v) is 3.21. The standard InChI is InChI=1S/C13H20N2O/c1-16-10-13-4-2-3-9-15(13)12-7-5-11(14)6-8-12/h5-8,13H,2-4,9-10,14H2,1H3/t13-/m0/s1. The smallest absolute Gasteiger partial charge is 0.0666 e. The molecule has 2 N–H and O–H groups in total. The van der Waals surface area contributed by atoms with Crippen molar-refractivity contribution < 1.29 is 4.74 Å². The SMILES string of the molecule is COC[C@@H]1CCCCN1c1ccc(N)cc1. The molecule has 1 aromatic rings. The third-order valence-electron chi connectivity index (χ3n) is 3.21. The number of methoxy groups -OCH3 is 1. The molecule has 1 aromatic carbocycles. The van der Waals surface area contributed by atoms with Crippen LogP contribution < -0.4 is 10.6 Å². The van der Waals surface area contributed by atoms with E-state index in [1.807, 2.05) is 12.1 Å². The number of hydrogen-bond donors (Lipinski definition) is 1. The average molecular weight is 220 g/mol. The van der Waals surface area contributed by atoms with Crippen LogP contribution in [0.3, 0.4) is 0 Å². The second-order valence-corrected chi connectivity index (χ2v) is 4.39. The van der Waals surface area contributed by atoms with Crippen LogP contribution in [0, 0.1) is 0 Å². The number of rotatable bonds is 3. The van der Waals surface area contributed by atoms with Crippen LogP contribution in [0.15, 0.2) is 24.3 Å². The maximum absolute atomic E-state index is 5.71. The van der Waals surface area contributed by atoms with Gasteiger partial charge in [-0.1, -0.05) is 0 Å². The van der Waals surface area contributed by atoms with Crippen molar-refractivity contribution in [2.75, 3.05) is 30.9 Å². The second-order valence-electron chi connectivity index (χ2n) is 4.39. The summed E-state index contributed by atoms with van der Waals surface area (Å²) in [6.45, 7) is 1.93. The number of anilines is 2. The zero-order valence-electron chi connectivity index (χ0n) is 9.86. The van der Waals surface area contributed by atoms with Crippen molar-refractivity contribution in [3.05, 3.63) is 24.3 Å². The molecule has 0 bridgehead atoms. The molecule has 2 rings (SSSR count). The highest BCUT2D eigenvalue weighted by Gasteiger charge is 2.22. The van der Waals surface area contributed by atoms with Crippen LogP contribution in [-0.2, 0) is 4.74 Å². The topological polar surface area (TPSA) is 38.5 Å². The molecule has 1 fully saturated rings. The summed E-state index contributed by atoms with van der Waals surface area (Å²) in [7, 11) is 1.77. The lowest BCUT2D eigenvalue weighted by Crippen LogP contribution is -2.42. The van der Waals surface area contributed by atoms with E-state index in [1.165, 1.54) is 24.9 Å². The third kappa shape index (κ3) is 2.47. The highest BCUT2D eigenvalue weighted by molar-refractivity contribution is 5.54. The average Bonchev–Trinajstić information content (AvgIpc) is 2.32. The monoisotopic (exact) mass is 220 g/mol. The highest BCUT2D eigenvalue weighted by atomic mass is 16.5. The van der Waals surface area contributed by atoms with Gasteiger partial charge >= 0.3 is 0 Å². The van der Waals surface area contributed by atoms with E-state index in [0.29, 0.717) is 6.04 Å². The lowest BCUT2D eigenvalue weighted by atomic mass is 10.0. The summed E-state index contributed by atoms with van der Waals surface area (Å²) in [5.41, 5.74) is 7.79. The number of piperidine rings is 1. The summed E-state index contributed by atoms with van der Waals surface area (Å²) in [4.78, 5) is 2.44. The minimum absolute atomic E-state index is 0.516. The maximum Gasteiger partial charge on any atom is 0.0666 e. The Kier molecular flexibility index (Phi) is 3.67. The van der Waals surface area contributed by atoms with Crippen molar-refractivity contribution in [3.63, 3.8) is 0 Å². The fraction of sp³-hybridized carbons (Fsp3) is 0.538. The predicted octanol–water partition coefficient (Wildman–Crippen LogP) is 2.27. The maximum atomic E-state index is 5.71. The van der Waals surface area contributed by atoms with E-state index in [2.05, 4.69) is 17.0 Å². The Morgan fingerprint density at radius 3 is 2.75 bits per heavy atom. The quantitative estimate of drug-likeness (QED) is 0.794. The fourth-order valence-corrected chi connectivity index (χ4v) is 2.37. The van der Waals surface area contributed by atoms with Gasteiger partial charge < -0.3 is 15.4 Å². The van der Waals surface area contributed by atoms with Gasteiger partial charge in [-0.05, 0) is 43.5 Å². The number of nitrogens with zero attached hydrogens (tertiary/aromatic N) is 1. The van der Waals surface area contributed by atoms with Crippen LogP contribution in [0.5, 0.6) is 0 Å². The zero-order chi connectivity index (χ0) is 11.4. The van der Waals surface area contributed by atoms with Gasteiger partial charge in [-0.2, -0.15) is 0 Å². The minimum atomic E-state index is 0.516. The Hall–Kier alpha value is -1.22. The fourth-order valence-electron chi connectivity index (χ4n) is 2.37. The molecule has 0 spiro atoms. The van der Waals surface area contributed by atoms with Gasteiger partial charge in [-0.15, -0.1) is 0 Å². The molecule has 0 unspecified atom stereocenters. The molecule has 1 saturated heterocycles. The largest absolute Gasteiger partial charge is 0.399 e. The van der Waals surface area contributed by atoms with Crippen molar-refractivity contribution in [2.45, 2.75) is 25.3 Å². The number of ether oxygens (including phenoxy) is 1. The van der Waals surface area contributed by atoms with E-state index in [1.54, 1.807) is 7.11 Å². The first-order valence-electron chi connectivity index (χ1n) is 5.92. The van der Waals surface area contributed by atoms with Crippen LogP contribution in [0.4, 0.5) is 11.4 Å². The van der Waals surface area contributed by atoms with Gasteiger partial charge in [0.2, 0.25) is 0 Å². The first-order valence-corrected chi connectivity index (χ1v) is 5.92. The Balaban J connectivity index is 2.13. The van der Waals surface area contributed by atoms with Crippen LogP contribution in [0.2, 0.25) is 0 Å². The molecule has 1 heterocycles.